The fourth-order valence-electron chi connectivity index (χ4n) is 1.47. The quantitative estimate of drug-likeness (QED) is 0.612. The van der Waals surface area contributed by atoms with Gasteiger partial charge in [-0.05, 0) is 18.1 Å². The second kappa shape index (κ2) is 2.85. The van der Waals surface area contributed by atoms with Gasteiger partial charge in [0.15, 0.2) is 0 Å². The van der Waals surface area contributed by atoms with Gasteiger partial charge in [0.25, 0.3) is 0 Å². The number of hydroxylamine groups is 1. The number of nitrogens with zero attached hydrogens (tertiary/aromatic N) is 1. The summed E-state index contributed by atoms with van der Waals surface area (Å²) in [6.45, 7) is 1.22. The number of rotatable bonds is 2. The van der Waals surface area contributed by atoms with E-state index in [0.717, 1.165) is 18.7 Å². The number of carbonyl (C=O) groups is 1. The number of fused-ring (bicyclic) bond motifs is 1. The van der Waals surface area contributed by atoms with Crippen molar-refractivity contribution in [3.05, 3.63) is 29.8 Å². The lowest BCUT2D eigenvalue weighted by Gasteiger charge is -2.13. The molecule has 1 heterocycles. The Morgan fingerprint density at radius 1 is 1.42 bits per heavy atom. The number of hydrogen-bond donors (Lipinski definition) is 0. The second-order valence-electron chi connectivity index (χ2n) is 2.68. The molecule has 3 nitrogen and oxygen atoms in total. The van der Waals surface area contributed by atoms with Crippen LogP contribution in [-0.4, -0.2) is 13.0 Å². The molecule has 0 aliphatic carbocycles. The summed E-state index contributed by atoms with van der Waals surface area (Å²) < 4.78 is 0. The van der Waals surface area contributed by atoms with Crippen LogP contribution in [0, 0.1) is 0 Å². The summed E-state index contributed by atoms with van der Waals surface area (Å²) in [6, 6.07) is 7.92. The van der Waals surface area contributed by atoms with Crippen LogP contribution in [0.4, 0.5) is 5.69 Å². The monoisotopic (exact) mass is 163 g/mol. The second-order valence-corrected chi connectivity index (χ2v) is 2.68. The summed E-state index contributed by atoms with van der Waals surface area (Å²) in [5.74, 6) is 0. The lowest BCUT2D eigenvalue weighted by Crippen LogP contribution is -2.19. The first-order chi connectivity index (χ1) is 5.92. The van der Waals surface area contributed by atoms with Crippen LogP contribution >= 0.6 is 0 Å². The third kappa shape index (κ3) is 1.03. The Morgan fingerprint density at radius 3 is 3.08 bits per heavy atom. The lowest BCUT2D eigenvalue weighted by molar-refractivity contribution is -0.129. The fraction of sp³-hybridized carbons (Fsp3) is 0.222. The number of anilines is 1. The average molecular weight is 163 g/mol. The van der Waals surface area contributed by atoms with Crippen molar-refractivity contribution in [2.45, 2.75) is 6.42 Å². The third-order valence-corrected chi connectivity index (χ3v) is 2.01. The number of hydrogen-bond acceptors (Lipinski definition) is 3. The van der Waals surface area contributed by atoms with Gasteiger partial charge in [-0.1, -0.05) is 18.2 Å². The molecule has 0 spiro atoms. The standard InChI is InChI=1S/C9H9NO2/c11-7-12-10-6-5-8-3-1-2-4-9(8)10/h1-4,7H,5-6H2. The van der Waals surface area contributed by atoms with E-state index in [1.807, 2.05) is 24.3 Å². The van der Waals surface area contributed by atoms with Crippen molar-refractivity contribution in [3.8, 4) is 0 Å². The predicted octanol–water partition coefficient (Wildman–Crippen LogP) is 1.14. The maximum absolute atomic E-state index is 10.1. The molecule has 0 aromatic heterocycles. The van der Waals surface area contributed by atoms with E-state index in [2.05, 4.69) is 0 Å². The molecule has 2 rings (SSSR count). The molecule has 0 amide bonds. The molecule has 62 valence electrons. The molecular formula is C9H9NO2. The van der Waals surface area contributed by atoms with Gasteiger partial charge in [0, 0.05) is 0 Å². The normalized spacial score (nSPS) is 14.2. The number of carbonyl (C=O) groups excluding carboxylic acids is 1. The number of para-hydroxylation sites is 1. The Bertz CT molecular complexity index is 298. The van der Waals surface area contributed by atoms with E-state index in [0.29, 0.717) is 6.47 Å². The first-order valence-corrected chi connectivity index (χ1v) is 3.87. The molecule has 0 saturated carbocycles. The Balaban J connectivity index is 2.29. The van der Waals surface area contributed by atoms with Crippen molar-refractivity contribution in [2.24, 2.45) is 0 Å². The molecule has 0 saturated heterocycles. The van der Waals surface area contributed by atoms with Crippen molar-refractivity contribution in [1.29, 1.82) is 0 Å². The Labute approximate surface area is 70.5 Å². The van der Waals surface area contributed by atoms with Gasteiger partial charge in [-0.3, -0.25) is 4.79 Å². The Morgan fingerprint density at radius 2 is 2.25 bits per heavy atom. The molecule has 0 fully saturated rings. The van der Waals surface area contributed by atoms with Crippen molar-refractivity contribution >= 4 is 12.2 Å². The average Bonchev–Trinajstić information content (AvgIpc) is 2.50. The van der Waals surface area contributed by atoms with Crippen molar-refractivity contribution in [2.75, 3.05) is 11.6 Å². The highest BCUT2D eigenvalue weighted by atomic mass is 16.7. The van der Waals surface area contributed by atoms with Gasteiger partial charge in [0.1, 0.15) is 0 Å². The maximum Gasteiger partial charge on any atom is 0.320 e. The minimum absolute atomic E-state index is 0.460. The van der Waals surface area contributed by atoms with Crippen LogP contribution in [0.1, 0.15) is 5.56 Å². The van der Waals surface area contributed by atoms with E-state index < -0.39 is 0 Å². The molecule has 1 aromatic rings. The summed E-state index contributed by atoms with van der Waals surface area (Å²) in [6.07, 6.45) is 0.948. The molecule has 0 unspecified atom stereocenters. The summed E-state index contributed by atoms with van der Waals surface area (Å²) in [5, 5.41) is 1.61. The Hall–Kier alpha value is -1.51. The number of benzene rings is 1. The zero-order valence-electron chi connectivity index (χ0n) is 6.56. The molecular weight excluding hydrogens is 154 g/mol. The predicted molar refractivity (Wildman–Crippen MR) is 44.6 cm³/mol. The van der Waals surface area contributed by atoms with Gasteiger partial charge in [-0.15, -0.1) is 0 Å². The van der Waals surface area contributed by atoms with Gasteiger partial charge in [0.2, 0.25) is 0 Å². The maximum atomic E-state index is 10.1. The van der Waals surface area contributed by atoms with Gasteiger partial charge in [0.05, 0.1) is 12.2 Å². The SMILES string of the molecule is O=CON1CCc2ccccc21. The van der Waals surface area contributed by atoms with Gasteiger partial charge < -0.3 is 4.84 Å². The minimum atomic E-state index is 0.460. The van der Waals surface area contributed by atoms with Crippen molar-refractivity contribution in [3.63, 3.8) is 0 Å². The summed E-state index contributed by atoms with van der Waals surface area (Å²) in [4.78, 5) is 14.9. The molecule has 3 heteroatoms. The highest BCUT2D eigenvalue weighted by Crippen LogP contribution is 2.26. The van der Waals surface area contributed by atoms with Gasteiger partial charge in [-0.2, -0.15) is 0 Å². The van der Waals surface area contributed by atoms with Crippen LogP contribution in [0.25, 0.3) is 0 Å². The van der Waals surface area contributed by atoms with Crippen LogP contribution in [0.3, 0.4) is 0 Å². The first kappa shape index (κ1) is 7.16. The molecule has 0 atom stereocenters. The molecule has 1 aliphatic heterocycles. The van der Waals surface area contributed by atoms with E-state index >= 15 is 0 Å². The smallest absolute Gasteiger partial charge is 0.320 e. The van der Waals surface area contributed by atoms with Gasteiger partial charge >= 0.3 is 6.47 Å². The van der Waals surface area contributed by atoms with Crippen LogP contribution < -0.4 is 5.06 Å². The van der Waals surface area contributed by atoms with Crippen LogP contribution in [0.15, 0.2) is 24.3 Å². The van der Waals surface area contributed by atoms with Crippen LogP contribution in [0.5, 0.6) is 0 Å². The van der Waals surface area contributed by atoms with Crippen molar-refractivity contribution < 1.29 is 9.63 Å². The van der Waals surface area contributed by atoms with Gasteiger partial charge in [-0.25, -0.2) is 5.06 Å². The molecule has 0 bridgehead atoms. The molecule has 12 heavy (non-hydrogen) atoms. The largest absolute Gasteiger partial charge is 0.344 e. The highest BCUT2D eigenvalue weighted by Gasteiger charge is 2.18. The van der Waals surface area contributed by atoms with E-state index in [1.165, 1.54) is 5.56 Å². The minimum Gasteiger partial charge on any atom is -0.344 e. The van der Waals surface area contributed by atoms with E-state index in [4.69, 9.17) is 4.84 Å². The fourth-order valence-corrected chi connectivity index (χ4v) is 1.47. The van der Waals surface area contributed by atoms with Crippen LogP contribution in [0.2, 0.25) is 0 Å². The molecule has 0 N–H and O–H groups in total. The topological polar surface area (TPSA) is 29.5 Å². The molecule has 1 aliphatic rings. The summed E-state index contributed by atoms with van der Waals surface area (Å²) in [5.41, 5.74) is 2.24. The zero-order valence-corrected chi connectivity index (χ0v) is 6.56. The Kier molecular flexibility index (Phi) is 1.70. The third-order valence-electron chi connectivity index (χ3n) is 2.01. The molecule has 0 radical (unpaired) electrons. The first-order valence-electron chi connectivity index (χ1n) is 3.87. The van der Waals surface area contributed by atoms with Crippen LogP contribution in [-0.2, 0) is 16.1 Å². The lowest BCUT2D eigenvalue weighted by atomic mass is 10.2. The summed E-state index contributed by atoms with van der Waals surface area (Å²) >= 11 is 0. The summed E-state index contributed by atoms with van der Waals surface area (Å²) in [7, 11) is 0. The highest BCUT2D eigenvalue weighted by molar-refractivity contribution is 5.57. The van der Waals surface area contributed by atoms with Crippen molar-refractivity contribution in [1.82, 2.24) is 0 Å². The molecule has 1 aromatic carbocycles. The zero-order chi connectivity index (χ0) is 8.39. The van der Waals surface area contributed by atoms with E-state index in [9.17, 15) is 4.79 Å². The van der Waals surface area contributed by atoms with E-state index in [-0.39, 0.29) is 0 Å². The van der Waals surface area contributed by atoms with E-state index in [1.54, 1.807) is 5.06 Å².